The van der Waals surface area contributed by atoms with Crippen LogP contribution >= 0.6 is 0 Å². The normalized spacial score (nSPS) is 10.9. The van der Waals surface area contributed by atoms with Gasteiger partial charge in [0.1, 0.15) is 6.07 Å². The molecule has 0 bridgehead atoms. The number of anilines is 2. The molecule has 0 aliphatic heterocycles. The predicted octanol–water partition coefficient (Wildman–Crippen LogP) is 2.27. The van der Waals surface area contributed by atoms with Gasteiger partial charge in [0.2, 0.25) is 0 Å². The summed E-state index contributed by atoms with van der Waals surface area (Å²) in [4.78, 5) is 0.0980. The zero-order chi connectivity index (χ0) is 15.6. The average molecular weight is 301 g/mol. The minimum atomic E-state index is -3.76. The highest BCUT2D eigenvalue weighted by Crippen LogP contribution is 2.26. The maximum Gasteiger partial charge on any atom is 0.264 e. The van der Waals surface area contributed by atoms with Gasteiger partial charge in [-0.1, -0.05) is 18.2 Å². The fourth-order valence-corrected chi connectivity index (χ4v) is 3.16. The van der Waals surface area contributed by atoms with Crippen LogP contribution in [-0.2, 0) is 10.0 Å². The van der Waals surface area contributed by atoms with Gasteiger partial charge in [0.25, 0.3) is 10.0 Å². The predicted molar refractivity (Wildman–Crippen MR) is 82.3 cm³/mol. The van der Waals surface area contributed by atoms with Crippen molar-refractivity contribution >= 4 is 21.4 Å². The molecule has 0 aliphatic carbocycles. The van der Waals surface area contributed by atoms with Crippen LogP contribution in [0.2, 0.25) is 0 Å². The summed E-state index contributed by atoms with van der Waals surface area (Å²) in [5, 5.41) is 9.09. The molecular formula is C15H15N3O2S. The Balaban J connectivity index is 2.53. The Hall–Kier alpha value is -2.52. The first-order valence-electron chi connectivity index (χ1n) is 6.22. The van der Waals surface area contributed by atoms with E-state index in [-0.39, 0.29) is 4.90 Å². The fraction of sp³-hybridized carbons (Fsp3) is 0.133. The molecule has 0 unspecified atom stereocenters. The Bertz CT molecular complexity index is 823. The largest absolute Gasteiger partial charge is 0.398 e. The molecule has 6 heteroatoms. The maximum atomic E-state index is 12.6. The topological polar surface area (TPSA) is 87.2 Å². The van der Waals surface area contributed by atoms with E-state index in [4.69, 9.17) is 11.0 Å². The minimum absolute atomic E-state index is 0.0980. The lowest BCUT2D eigenvalue weighted by atomic mass is 10.2. The highest BCUT2D eigenvalue weighted by Gasteiger charge is 2.23. The van der Waals surface area contributed by atoms with Crippen LogP contribution in [0.15, 0.2) is 47.4 Å². The quantitative estimate of drug-likeness (QED) is 0.881. The number of hydrogen-bond acceptors (Lipinski definition) is 4. The van der Waals surface area contributed by atoms with E-state index in [1.54, 1.807) is 37.3 Å². The summed E-state index contributed by atoms with van der Waals surface area (Å²) < 4.78 is 26.3. The molecule has 2 aromatic carbocycles. The molecular weight excluding hydrogens is 286 g/mol. The molecule has 0 saturated heterocycles. The van der Waals surface area contributed by atoms with Crippen molar-refractivity contribution in [1.82, 2.24) is 0 Å². The second-order valence-electron chi connectivity index (χ2n) is 4.62. The summed E-state index contributed by atoms with van der Waals surface area (Å²) in [6.07, 6.45) is 0. The van der Waals surface area contributed by atoms with Crippen molar-refractivity contribution in [1.29, 1.82) is 5.26 Å². The number of nitrogens with zero attached hydrogens (tertiary/aromatic N) is 2. The molecule has 0 atom stereocenters. The van der Waals surface area contributed by atoms with Gasteiger partial charge in [-0.2, -0.15) is 5.26 Å². The standard InChI is InChI=1S/C15H15N3O2S/c1-11-7-8-13(9-14(11)17)21(19,20)18(2)15-6-4-3-5-12(15)10-16/h3-9H,17H2,1-2H3. The van der Waals surface area contributed by atoms with E-state index in [1.165, 1.54) is 19.2 Å². The summed E-state index contributed by atoms with van der Waals surface area (Å²) in [6, 6.07) is 13.1. The summed E-state index contributed by atoms with van der Waals surface area (Å²) in [7, 11) is -2.34. The first-order chi connectivity index (χ1) is 9.87. The van der Waals surface area contributed by atoms with Crippen molar-refractivity contribution in [3.63, 3.8) is 0 Å². The van der Waals surface area contributed by atoms with Gasteiger partial charge in [-0.15, -0.1) is 0 Å². The first-order valence-corrected chi connectivity index (χ1v) is 7.66. The molecule has 2 N–H and O–H groups in total. The van der Waals surface area contributed by atoms with E-state index in [1.807, 2.05) is 6.07 Å². The van der Waals surface area contributed by atoms with E-state index in [2.05, 4.69) is 0 Å². The third kappa shape index (κ3) is 2.69. The Morgan fingerprint density at radius 3 is 2.48 bits per heavy atom. The molecule has 0 fully saturated rings. The first kappa shape index (κ1) is 14.9. The van der Waals surface area contributed by atoms with Crippen molar-refractivity contribution in [3.8, 4) is 6.07 Å². The summed E-state index contributed by atoms with van der Waals surface area (Å²) in [5.41, 5.74) is 7.63. The molecule has 0 spiro atoms. The van der Waals surface area contributed by atoms with Gasteiger partial charge in [-0.05, 0) is 36.8 Å². The smallest absolute Gasteiger partial charge is 0.264 e. The highest BCUT2D eigenvalue weighted by atomic mass is 32.2. The Kier molecular flexibility index (Phi) is 3.87. The number of sulfonamides is 1. The summed E-state index contributed by atoms with van der Waals surface area (Å²) in [5.74, 6) is 0. The number of hydrogen-bond donors (Lipinski definition) is 1. The van der Waals surface area contributed by atoms with Gasteiger partial charge >= 0.3 is 0 Å². The van der Waals surface area contributed by atoms with Gasteiger partial charge in [-0.25, -0.2) is 8.42 Å². The van der Waals surface area contributed by atoms with E-state index >= 15 is 0 Å². The van der Waals surface area contributed by atoms with Gasteiger partial charge in [0.15, 0.2) is 0 Å². The van der Waals surface area contributed by atoms with Crippen LogP contribution in [-0.4, -0.2) is 15.5 Å². The van der Waals surface area contributed by atoms with Crippen molar-refractivity contribution in [2.24, 2.45) is 0 Å². The molecule has 0 saturated carbocycles. The van der Waals surface area contributed by atoms with Crippen LogP contribution in [0.3, 0.4) is 0 Å². The summed E-state index contributed by atoms with van der Waals surface area (Å²) in [6.45, 7) is 1.81. The maximum absolute atomic E-state index is 12.6. The third-order valence-corrected chi connectivity index (χ3v) is 5.04. The molecule has 0 aromatic heterocycles. The Morgan fingerprint density at radius 1 is 1.19 bits per heavy atom. The Morgan fingerprint density at radius 2 is 1.86 bits per heavy atom. The Labute approximate surface area is 124 Å². The third-order valence-electron chi connectivity index (χ3n) is 3.27. The van der Waals surface area contributed by atoms with Crippen LogP contribution < -0.4 is 10.0 Å². The zero-order valence-electron chi connectivity index (χ0n) is 11.7. The number of para-hydroxylation sites is 1. The molecule has 0 heterocycles. The summed E-state index contributed by atoms with van der Waals surface area (Å²) >= 11 is 0. The van der Waals surface area contributed by atoms with Crippen LogP contribution in [0, 0.1) is 18.3 Å². The van der Waals surface area contributed by atoms with Crippen LogP contribution in [0.5, 0.6) is 0 Å². The minimum Gasteiger partial charge on any atom is -0.398 e. The van der Waals surface area contributed by atoms with Crippen molar-refractivity contribution in [2.75, 3.05) is 17.1 Å². The lowest BCUT2D eigenvalue weighted by Gasteiger charge is -2.20. The number of rotatable bonds is 3. The monoisotopic (exact) mass is 301 g/mol. The van der Waals surface area contributed by atoms with Gasteiger partial charge in [-0.3, -0.25) is 4.31 Å². The van der Waals surface area contributed by atoms with Gasteiger partial charge < -0.3 is 5.73 Å². The van der Waals surface area contributed by atoms with Gasteiger partial charge in [0.05, 0.1) is 16.1 Å². The van der Waals surface area contributed by atoms with Crippen LogP contribution in [0.1, 0.15) is 11.1 Å². The van der Waals surface area contributed by atoms with Crippen LogP contribution in [0.4, 0.5) is 11.4 Å². The SMILES string of the molecule is Cc1ccc(S(=O)(=O)N(C)c2ccccc2C#N)cc1N. The number of aryl methyl sites for hydroxylation is 1. The van der Waals surface area contributed by atoms with E-state index in [9.17, 15) is 8.42 Å². The number of nitrogen functional groups attached to an aromatic ring is 1. The zero-order valence-corrected chi connectivity index (χ0v) is 12.6. The molecule has 0 aliphatic rings. The lowest BCUT2D eigenvalue weighted by molar-refractivity contribution is 0.594. The average Bonchev–Trinajstić information content (AvgIpc) is 2.49. The number of nitrogens with two attached hydrogens (primary N) is 1. The number of benzene rings is 2. The van der Waals surface area contributed by atoms with Crippen LogP contribution in [0.25, 0.3) is 0 Å². The highest BCUT2D eigenvalue weighted by molar-refractivity contribution is 7.92. The molecule has 0 radical (unpaired) electrons. The molecule has 108 valence electrons. The van der Waals surface area contributed by atoms with Gasteiger partial charge in [0, 0.05) is 12.7 Å². The van der Waals surface area contributed by atoms with Crippen molar-refractivity contribution < 1.29 is 8.42 Å². The molecule has 21 heavy (non-hydrogen) atoms. The lowest BCUT2D eigenvalue weighted by Crippen LogP contribution is -2.27. The second-order valence-corrected chi connectivity index (χ2v) is 6.59. The molecule has 5 nitrogen and oxygen atoms in total. The molecule has 2 aromatic rings. The molecule has 0 amide bonds. The van der Waals surface area contributed by atoms with Crippen molar-refractivity contribution in [2.45, 2.75) is 11.8 Å². The van der Waals surface area contributed by atoms with E-state index in [0.29, 0.717) is 16.9 Å². The fourth-order valence-electron chi connectivity index (χ4n) is 1.91. The van der Waals surface area contributed by atoms with E-state index < -0.39 is 10.0 Å². The second kappa shape index (κ2) is 5.46. The van der Waals surface area contributed by atoms with Crippen molar-refractivity contribution in [3.05, 3.63) is 53.6 Å². The molecule has 2 rings (SSSR count). The van der Waals surface area contributed by atoms with E-state index in [0.717, 1.165) is 9.87 Å². The number of nitriles is 1.